The van der Waals surface area contributed by atoms with Gasteiger partial charge in [0.25, 0.3) is 0 Å². The third-order valence-electron chi connectivity index (χ3n) is 4.18. The van der Waals surface area contributed by atoms with E-state index in [-0.39, 0.29) is 4.90 Å². The molecule has 0 spiro atoms. The molecule has 1 heterocycles. The fraction of sp³-hybridized carbons (Fsp3) is 0.211. The molecule has 7 heteroatoms. The molecule has 0 atom stereocenters. The van der Waals surface area contributed by atoms with Crippen molar-refractivity contribution in [3.8, 4) is 28.3 Å². The molecule has 0 bridgehead atoms. The van der Waals surface area contributed by atoms with Crippen molar-refractivity contribution in [2.75, 3.05) is 20.5 Å². The zero-order valence-electron chi connectivity index (χ0n) is 15.1. The minimum Gasteiger partial charge on any atom is -0.493 e. The van der Waals surface area contributed by atoms with E-state index in [1.54, 1.807) is 44.7 Å². The first-order valence-electron chi connectivity index (χ1n) is 7.92. The molecule has 0 unspecified atom stereocenters. The van der Waals surface area contributed by atoms with E-state index in [1.807, 2.05) is 29.8 Å². The Kier molecular flexibility index (Phi) is 4.73. The van der Waals surface area contributed by atoms with Crippen LogP contribution >= 0.6 is 0 Å². The highest BCUT2D eigenvalue weighted by Crippen LogP contribution is 2.36. The Bertz CT molecular complexity index is 1060. The van der Waals surface area contributed by atoms with Crippen LogP contribution in [0.4, 0.5) is 0 Å². The van der Waals surface area contributed by atoms with E-state index in [0.717, 1.165) is 22.6 Å². The number of imidazole rings is 1. The maximum atomic E-state index is 12.0. The van der Waals surface area contributed by atoms with Crippen molar-refractivity contribution in [1.82, 2.24) is 9.55 Å². The number of benzene rings is 2. The molecule has 6 nitrogen and oxygen atoms in total. The van der Waals surface area contributed by atoms with Gasteiger partial charge >= 0.3 is 0 Å². The molecule has 3 rings (SSSR count). The molecule has 0 radical (unpaired) electrons. The third-order valence-corrected chi connectivity index (χ3v) is 5.29. The smallest absolute Gasteiger partial charge is 0.175 e. The van der Waals surface area contributed by atoms with Crippen molar-refractivity contribution in [3.63, 3.8) is 0 Å². The zero-order chi connectivity index (χ0) is 18.9. The number of hydrogen-bond acceptors (Lipinski definition) is 5. The molecular formula is C19H20N2O4S. The van der Waals surface area contributed by atoms with Gasteiger partial charge in [0.2, 0.25) is 0 Å². The van der Waals surface area contributed by atoms with Crippen molar-refractivity contribution in [3.05, 3.63) is 54.6 Å². The van der Waals surface area contributed by atoms with Crippen molar-refractivity contribution in [2.45, 2.75) is 11.8 Å². The molecule has 2 aromatic carbocycles. The number of methoxy groups -OCH3 is 2. The number of sulfone groups is 1. The second kappa shape index (κ2) is 6.84. The van der Waals surface area contributed by atoms with Crippen LogP contribution in [0.5, 0.6) is 11.5 Å². The fourth-order valence-electron chi connectivity index (χ4n) is 2.82. The summed E-state index contributed by atoms with van der Waals surface area (Å²) in [5.41, 5.74) is 2.41. The average molecular weight is 372 g/mol. The summed E-state index contributed by atoms with van der Waals surface area (Å²) in [4.78, 5) is 4.51. The Hall–Kier alpha value is -2.80. The van der Waals surface area contributed by atoms with Crippen LogP contribution in [0, 0.1) is 6.92 Å². The first-order valence-corrected chi connectivity index (χ1v) is 9.81. The topological polar surface area (TPSA) is 70.4 Å². The van der Waals surface area contributed by atoms with E-state index in [1.165, 1.54) is 6.26 Å². The van der Waals surface area contributed by atoms with Crippen molar-refractivity contribution < 1.29 is 17.9 Å². The number of rotatable bonds is 5. The monoisotopic (exact) mass is 372 g/mol. The van der Waals surface area contributed by atoms with Gasteiger partial charge in [0.15, 0.2) is 21.3 Å². The summed E-state index contributed by atoms with van der Waals surface area (Å²) in [6, 6.07) is 10.6. The predicted molar refractivity (Wildman–Crippen MR) is 100.0 cm³/mol. The van der Waals surface area contributed by atoms with Gasteiger partial charge in [0.1, 0.15) is 5.82 Å². The van der Waals surface area contributed by atoms with Crippen LogP contribution in [0.3, 0.4) is 0 Å². The Morgan fingerprint density at radius 1 is 1.00 bits per heavy atom. The second-order valence-corrected chi connectivity index (χ2v) is 7.88. The molecule has 0 saturated carbocycles. The molecule has 0 amide bonds. The van der Waals surface area contributed by atoms with E-state index in [9.17, 15) is 8.42 Å². The number of nitrogens with zero attached hydrogens (tertiary/aromatic N) is 2. The summed E-state index contributed by atoms with van der Waals surface area (Å²) in [6.07, 6.45) is 4.75. The van der Waals surface area contributed by atoms with E-state index in [2.05, 4.69) is 4.98 Å². The maximum Gasteiger partial charge on any atom is 0.175 e. The molecule has 0 fully saturated rings. The predicted octanol–water partition coefficient (Wildman–Crippen LogP) is 3.27. The Morgan fingerprint density at radius 2 is 1.73 bits per heavy atom. The number of aromatic nitrogens is 2. The van der Waals surface area contributed by atoms with Gasteiger partial charge in [-0.3, -0.25) is 0 Å². The van der Waals surface area contributed by atoms with E-state index in [4.69, 9.17) is 9.47 Å². The first-order chi connectivity index (χ1) is 12.3. The van der Waals surface area contributed by atoms with Crippen molar-refractivity contribution in [2.24, 2.45) is 0 Å². The van der Waals surface area contributed by atoms with Crippen LogP contribution in [0.2, 0.25) is 0 Å². The summed E-state index contributed by atoms with van der Waals surface area (Å²) in [7, 11) is -0.202. The number of aryl methyl sites for hydroxylation is 1. The van der Waals surface area contributed by atoms with Crippen LogP contribution in [0.1, 0.15) is 5.82 Å². The van der Waals surface area contributed by atoms with Crippen LogP contribution in [-0.2, 0) is 9.84 Å². The molecule has 0 aliphatic carbocycles. The Balaban J connectivity index is 2.28. The highest BCUT2D eigenvalue weighted by Gasteiger charge is 2.16. The molecule has 3 aromatic rings. The highest BCUT2D eigenvalue weighted by atomic mass is 32.2. The summed E-state index contributed by atoms with van der Waals surface area (Å²) >= 11 is 0. The van der Waals surface area contributed by atoms with Crippen molar-refractivity contribution in [1.29, 1.82) is 0 Å². The van der Waals surface area contributed by atoms with Gasteiger partial charge in [0.05, 0.1) is 24.8 Å². The van der Waals surface area contributed by atoms with Crippen molar-refractivity contribution >= 4 is 9.84 Å². The lowest BCUT2D eigenvalue weighted by molar-refractivity contribution is 0.355. The largest absolute Gasteiger partial charge is 0.493 e. The van der Waals surface area contributed by atoms with Gasteiger partial charge in [-0.1, -0.05) is 6.07 Å². The van der Waals surface area contributed by atoms with Gasteiger partial charge in [-0.15, -0.1) is 0 Å². The number of hydrogen-bond donors (Lipinski definition) is 0. The molecule has 26 heavy (non-hydrogen) atoms. The van der Waals surface area contributed by atoms with Crippen LogP contribution < -0.4 is 9.47 Å². The molecule has 0 aliphatic rings. The molecule has 136 valence electrons. The lowest BCUT2D eigenvalue weighted by Crippen LogP contribution is -2.03. The van der Waals surface area contributed by atoms with E-state index >= 15 is 0 Å². The van der Waals surface area contributed by atoms with Gasteiger partial charge in [0, 0.05) is 24.2 Å². The summed E-state index contributed by atoms with van der Waals surface area (Å²) < 4.78 is 36.7. The van der Waals surface area contributed by atoms with Crippen LogP contribution in [-0.4, -0.2) is 38.4 Å². The fourth-order valence-corrected chi connectivity index (χ4v) is 3.47. The summed E-state index contributed by atoms with van der Waals surface area (Å²) in [5, 5.41) is 0. The molecule has 0 saturated heterocycles. The lowest BCUT2D eigenvalue weighted by atomic mass is 10.0. The lowest BCUT2D eigenvalue weighted by Gasteiger charge is -2.15. The van der Waals surface area contributed by atoms with Gasteiger partial charge < -0.3 is 14.0 Å². The standard InChI is InChI=1S/C19H20N2O4S/c1-13-20-9-10-21(13)17-7-6-15(26(4,22)23)12-16(17)14-5-8-18(24-2)19(11-14)25-3/h5-12H,1-4H3. The minimum atomic E-state index is -3.34. The van der Waals surface area contributed by atoms with Crippen LogP contribution in [0.15, 0.2) is 53.7 Å². The average Bonchev–Trinajstić information content (AvgIpc) is 3.05. The highest BCUT2D eigenvalue weighted by molar-refractivity contribution is 7.90. The maximum absolute atomic E-state index is 12.0. The Morgan fingerprint density at radius 3 is 2.31 bits per heavy atom. The van der Waals surface area contributed by atoms with E-state index in [0.29, 0.717) is 11.5 Å². The molecular weight excluding hydrogens is 352 g/mol. The van der Waals surface area contributed by atoms with Crippen LogP contribution in [0.25, 0.3) is 16.8 Å². The van der Waals surface area contributed by atoms with Gasteiger partial charge in [-0.2, -0.15) is 0 Å². The zero-order valence-corrected chi connectivity index (χ0v) is 15.9. The molecule has 0 N–H and O–H groups in total. The SMILES string of the molecule is COc1ccc(-c2cc(S(C)(=O)=O)ccc2-n2ccnc2C)cc1OC. The quantitative estimate of drug-likeness (QED) is 0.687. The van der Waals surface area contributed by atoms with E-state index < -0.39 is 9.84 Å². The first kappa shape index (κ1) is 18.0. The minimum absolute atomic E-state index is 0.254. The number of ether oxygens (including phenoxy) is 2. The summed E-state index contributed by atoms with van der Waals surface area (Å²) in [6.45, 7) is 1.89. The van der Waals surface area contributed by atoms with Gasteiger partial charge in [-0.05, 0) is 42.8 Å². The van der Waals surface area contributed by atoms with Gasteiger partial charge in [-0.25, -0.2) is 13.4 Å². The molecule has 0 aliphatic heterocycles. The third kappa shape index (κ3) is 3.30. The second-order valence-electron chi connectivity index (χ2n) is 5.87. The Labute approximate surface area is 152 Å². The summed E-state index contributed by atoms with van der Waals surface area (Å²) in [5.74, 6) is 1.98. The normalized spacial score (nSPS) is 11.4. The molecule has 1 aromatic heterocycles.